The van der Waals surface area contributed by atoms with Crippen LogP contribution in [0.4, 0.5) is 0 Å². The summed E-state index contributed by atoms with van der Waals surface area (Å²) in [6, 6.07) is 7.04. The molecule has 3 rings (SSSR count). The Hall–Kier alpha value is -2.43. The molecule has 1 aromatic carbocycles. The van der Waals surface area contributed by atoms with E-state index in [-0.39, 0.29) is 6.61 Å². The first-order valence-corrected chi connectivity index (χ1v) is 8.63. The molecule has 0 saturated carbocycles. The fourth-order valence-corrected chi connectivity index (χ4v) is 2.58. The molecule has 9 heteroatoms. The number of rotatable bonds is 7. The molecule has 25 heavy (non-hydrogen) atoms. The van der Waals surface area contributed by atoms with Crippen LogP contribution in [0.1, 0.15) is 11.6 Å². The van der Waals surface area contributed by atoms with E-state index in [4.69, 9.17) is 15.0 Å². The molecule has 0 aliphatic rings. The van der Waals surface area contributed by atoms with Gasteiger partial charge in [0.2, 0.25) is 11.7 Å². The molecule has 0 unspecified atom stereocenters. The number of halogens is 1. The van der Waals surface area contributed by atoms with Gasteiger partial charge < -0.3 is 15.0 Å². The van der Waals surface area contributed by atoms with E-state index in [0.29, 0.717) is 30.4 Å². The van der Waals surface area contributed by atoms with Gasteiger partial charge in [-0.3, -0.25) is 9.48 Å². The molecule has 0 fully saturated rings. The van der Waals surface area contributed by atoms with Gasteiger partial charge in [-0.2, -0.15) is 10.1 Å². The number of benzene rings is 1. The lowest BCUT2D eigenvalue weighted by molar-refractivity contribution is -0.119. The Bertz CT molecular complexity index is 872. The van der Waals surface area contributed by atoms with E-state index in [1.807, 2.05) is 17.8 Å². The molecule has 0 saturated heterocycles. The Labute approximate surface area is 157 Å². The first-order valence-electron chi connectivity index (χ1n) is 7.55. The van der Waals surface area contributed by atoms with Crippen LogP contribution in [0.2, 0.25) is 0 Å². The first-order chi connectivity index (χ1) is 12.0. The number of carbonyl (C=O) groups excluding carboxylic acids is 1. The quantitative estimate of drug-likeness (QED) is 0.548. The van der Waals surface area contributed by atoms with Crippen molar-refractivity contribution in [2.75, 3.05) is 6.61 Å². The predicted molar refractivity (Wildman–Crippen MR) is 97.8 cm³/mol. The van der Waals surface area contributed by atoms with E-state index >= 15 is 0 Å². The molecule has 0 atom stereocenters. The van der Waals surface area contributed by atoms with Crippen LogP contribution in [0, 0.1) is 10.5 Å². The van der Waals surface area contributed by atoms with E-state index in [2.05, 4.69) is 37.8 Å². The summed E-state index contributed by atoms with van der Waals surface area (Å²) in [4.78, 5) is 15.1. The van der Waals surface area contributed by atoms with Crippen molar-refractivity contribution in [3.05, 3.63) is 45.6 Å². The highest BCUT2D eigenvalue weighted by molar-refractivity contribution is 14.1. The average Bonchev–Trinajstić information content (AvgIpc) is 3.20. The van der Waals surface area contributed by atoms with E-state index < -0.39 is 5.91 Å². The van der Waals surface area contributed by atoms with Crippen LogP contribution in [-0.2, 0) is 17.8 Å². The maximum Gasteiger partial charge on any atom is 0.255 e. The molecule has 0 aliphatic heterocycles. The number of ether oxygens (including phenoxy) is 1. The normalized spacial score (nSPS) is 10.8. The Morgan fingerprint density at radius 3 is 2.76 bits per heavy atom. The van der Waals surface area contributed by atoms with Gasteiger partial charge in [-0.05, 0) is 53.8 Å². The van der Waals surface area contributed by atoms with Crippen molar-refractivity contribution in [2.45, 2.75) is 19.9 Å². The van der Waals surface area contributed by atoms with Crippen LogP contribution in [0.15, 0.2) is 35.0 Å². The second-order valence-corrected chi connectivity index (χ2v) is 6.50. The molecule has 130 valence electrons. The number of amides is 1. The van der Waals surface area contributed by atoms with Gasteiger partial charge in [0.25, 0.3) is 5.91 Å². The third-order valence-corrected chi connectivity index (χ3v) is 4.60. The van der Waals surface area contributed by atoms with E-state index in [9.17, 15) is 4.79 Å². The van der Waals surface area contributed by atoms with Gasteiger partial charge in [0.05, 0.1) is 16.3 Å². The molecule has 1 amide bonds. The minimum absolute atomic E-state index is 0.155. The van der Waals surface area contributed by atoms with E-state index in [0.717, 1.165) is 14.8 Å². The number of carbonyl (C=O) groups is 1. The molecule has 3 aromatic rings. The van der Waals surface area contributed by atoms with Crippen molar-refractivity contribution >= 4 is 28.5 Å². The van der Waals surface area contributed by atoms with Crippen LogP contribution in [0.3, 0.4) is 0 Å². The lowest BCUT2D eigenvalue weighted by atomic mass is 10.2. The second kappa shape index (κ2) is 7.64. The predicted octanol–water partition coefficient (Wildman–Crippen LogP) is 1.95. The van der Waals surface area contributed by atoms with Crippen molar-refractivity contribution < 1.29 is 14.1 Å². The minimum Gasteiger partial charge on any atom is -0.484 e. The second-order valence-electron chi connectivity index (χ2n) is 5.34. The van der Waals surface area contributed by atoms with Crippen molar-refractivity contribution in [3.63, 3.8) is 0 Å². The van der Waals surface area contributed by atoms with Crippen LogP contribution < -0.4 is 10.5 Å². The fraction of sp³-hybridized carbons (Fsp3) is 0.250. The smallest absolute Gasteiger partial charge is 0.255 e. The van der Waals surface area contributed by atoms with Crippen molar-refractivity contribution in [1.82, 2.24) is 19.9 Å². The van der Waals surface area contributed by atoms with Crippen LogP contribution in [0.5, 0.6) is 5.75 Å². The Morgan fingerprint density at radius 1 is 1.36 bits per heavy atom. The summed E-state index contributed by atoms with van der Waals surface area (Å²) in [5.74, 6) is 1.08. The van der Waals surface area contributed by atoms with Crippen LogP contribution in [-0.4, -0.2) is 32.4 Å². The standard InChI is InChI=1S/C16H16IN5O3/c1-10-13(17)8-19-22(10)7-6-15-20-16(21-25-15)11-2-4-12(5-3-11)24-9-14(18)23/h2-5,8H,6-7,9H2,1H3,(H2,18,23). The lowest BCUT2D eigenvalue weighted by Gasteiger charge is -2.03. The third kappa shape index (κ3) is 4.35. The summed E-state index contributed by atoms with van der Waals surface area (Å²) in [6.07, 6.45) is 2.43. The molecule has 2 heterocycles. The summed E-state index contributed by atoms with van der Waals surface area (Å²) < 4.78 is 13.6. The van der Waals surface area contributed by atoms with Crippen molar-refractivity contribution in [1.29, 1.82) is 0 Å². The molecular weight excluding hydrogens is 437 g/mol. The van der Waals surface area contributed by atoms with Gasteiger partial charge in [-0.1, -0.05) is 5.16 Å². The molecule has 0 aliphatic carbocycles. The van der Waals surface area contributed by atoms with Gasteiger partial charge >= 0.3 is 0 Å². The van der Waals surface area contributed by atoms with Crippen LogP contribution in [0.25, 0.3) is 11.4 Å². The number of nitrogens with two attached hydrogens (primary N) is 1. The number of hydrogen-bond donors (Lipinski definition) is 1. The van der Waals surface area contributed by atoms with Crippen LogP contribution >= 0.6 is 22.6 Å². The molecule has 0 bridgehead atoms. The summed E-state index contributed by atoms with van der Waals surface area (Å²) in [5, 5.41) is 8.31. The largest absolute Gasteiger partial charge is 0.484 e. The molecule has 2 aromatic heterocycles. The van der Waals surface area contributed by atoms with Gasteiger partial charge in [-0.25, -0.2) is 0 Å². The zero-order chi connectivity index (χ0) is 17.8. The van der Waals surface area contributed by atoms with Gasteiger partial charge in [0, 0.05) is 17.7 Å². The van der Waals surface area contributed by atoms with Crippen molar-refractivity contribution in [2.24, 2.45) is 5.73 Å². The first kappa shape index (κ1) is 17.4. The zero-order valence-electron chi connectivity index (χ0n) is 13.5. The lowest BCUT2D eigenvalue weighted by Crippen LogP contribution is -2.19. The Morgan fingerprint density at radius 2 is 2.12 bits per heavy atom. The van der Waals surface area contributed by atoms with Gasteiger partial charge in [-0.15, -0.1) is 0 Å². The summed E-state index contributed by atoms with van der Waals surface area (Å²) >= 11 is 2.25. The number of hydrogen-bond acceptors (Lipinski definition) is 6. The monoisotopic (exact) mass is 453 g/mol. The van der Waals surface area contributed by atoms with E-state index in [1.165, 1.54) is 0 Å². The average molecular weight is 453 g/mol. The zero-order valence-corrected chi connectivity index (χ0v) is 15.6. The maximum atomic E-state index is 10.7. The molecule has 8 nitrogen and oxygen atoms in total. The highest BCUT2D eigenvalue weighted by atomic mass is 127. The topological polar surface area (TPSA) is 109 Å². The minimum atomic E-state index is -0.519. The summed E-state index contributed by atoms with van der Waals surface area (Å²) in [5.41, 5.74) is 6.96. The van der Waals surface area contributed by atoms with Gasteiger partial charge in [0.15, 0.2) is 6.61 Å². The third-order valence-electron chi connectivity index (χ3n) is 3.54. The van der Waals surface area contributed by atoms with E-state index in [1.54, 1.807) is 24.3 Å². The Kier molecular flexibility index (Phi) is 5.31. The molecule has 0 radical (unpaired) electrons. The number of primary amides is 1. The highest BCUT2D eigenvalue weighted by Gasteiger charge is 2.10. The van der Waals surface area contributed by atoms with Gasteiger partial charge in [0.1, 0.15) is 5.75 Å². The SMILES string of the molecule is Cc1c(I)cnn1CCc1nc(-c2ccc(OCC(N)=O)cc2)no1. The number of aromatic nitrogens is 4. The Balaban J connectivity index is 1.62. The maximum absolute atomic E-state index is 10.7. The van der Waals surface area contributed by atoms with Crippen molar-refractivity contribution in [3.8, 4) is 17.1 Å². The number of nitrogens with zero attached hydrogens (tertiary/aromatic N) is 4. The summed E-state index contributed by atoms with van der Waals surface area (Å²) in [6.45, 7) is 2.55. The fourth-order valence-electron chi connectivity index (χ4n) is 2.18. The highest BCUT2D eigenvalue weighted by Crippen LogP contribution is 2.20. The molecule has 0 spiro atoms. The number of aryl methyl sites for hydroxylation is 2. The molecular formula is C16H16IN5O3. The molecule has 2 N–H and O–H groups in total. The summed E-state index contributed by atoms with van der Waals surface area (Å²) in [7, 11) is 0.